The van der Waals surface area contributed by atoms with E-state index < -0.39 is 0 Å². The van der Waals surface area contributed by atoms with Crippen LogP contribution in [0.3, 0.4) is 0 Å². The minimum Gasteiger partial charge on any atom is -0.337 e. The predicted octanol–water partition coefficient (Wildman–Crippen LogP) is 0.944. The van der Waals surface area contributed by atoms with Gasteiger partial charge >= 0.3 is 0 Å². The van der Waals surface area contributed by atoms with E-state index in [4.69, 9.17) is 5.73 Å². The number of aryl methyl sites for hydroxylation is 1. The van der Waals surface area contributed by atoms with Crippen molar-refractivity contribution in [2.75, 3.05) is 26.2 Å². The van der Waals surface area contributed by atoms with Crippen molar-refractivity contribution in [1.29, 1.82) is 0 Å². The van der Waals surface area contributed by atoms with E-state index in [1.165, 1.54) is 38.9 Å². The summed E-state index contributed by atoms with van der Waals surface area (Å²) in [5.41, 5.74) is 5.68. The lowest BCUT2D eigenvalue weighted by Crippen LogP contribution is -2.36. The molecule has 0 aromatic carbocycles. The lowest BCUT2D eigenvalue weighted by atomic mass is 9.97. The lowest BCUT2D eigenvalue weighted by molar-refractivity contribution is 0.183. The molecule has 4 heteroatoms. The number of rotatable bonds is 5. The molecule has 0 saturated carbocycles. The van der Waals surface area contributed by atoms with Gasteiger partial charge in [-0.25, -0.2) is 4.98 Å². The number of hydrogen-bond acceptors (Lipinski definition) is 3. The Balaban J connectivity index is 1.60. The Kier molecular flexibility index (Phi) is 4.36. The zero-order valence-corrected chi connectivity index (χ0v) is 9.89. The number of nitrogens with two attached hydrogens (primary N) is 1. The first kappa shape index (κ1) is 11.6. The monoisotopic (exact) mass is 222 g/mol. The average Bonchev–Trinajstić information content (AvgIpc) is 2.83. The molecule has 0 aliphatic carbocycles. The van der Waals surface area contributed by atoms with Gasteiger partial charge in [-0.15, -0.1) is 0 Å². The van der Waals surface area contributed by atoms with Crippen molar-refractivity contribution in [3.63, 3.8) is 0 Å². The summed E-state index contributed by atoms with van der Waals surface area (Å²) < 4.78 is 2.15. The van der Waals surface area contributed by atoms with Gasteiger partial charge in [-0.05, 0) is 51.4 Å². The topological polar surface area (TPSA) is 47.1 Å². The maximum absolute atomic E-state index is 5.68. The number of aromatic nitrogens is 2. The Bertz CT molecular complexity index is 275. The molecular formula is C12H22N4. The van der Waals surface area contributed by atoms with Gasteiger partial charge < -0.3 is 15.2 Å². The summed E-state index contributed by atoms with van der Waals surface area (Å²) in [6.07, 6.45) is 9.53. The van der Waals surface area contributed by atoms with E-state index in [9.17, 15) is 0 Å². The number of imidazole rings is 1. The van der Waals surface area contributed by atoms with Gasteiger partial charge in [0.05, 0.1) is 6.33 Å². The van der Waals surface area contributed by atoms with Gasteiger partial charge in [0.15, 0.2) is 0 Å². The highest BCUT2D eigenvalue weighted by Gasteiger charge is 2.17. The van der Waals surface area contributed by atoms with Crippen LogP contribution in [-0.4, -0.2) is 40.6 Å². The molecule has 2 heterocycles. The van der Waals surface area contributed by atoms with Gasteiger partial charge in [-0.1, -0.05) is 0 Å². The molecule has 0 bridgehead atoms. The molecule has 4 nitrogen and oxygen atoms in total. The summed E-state index contributed by atoms with van der Waals surface area (Å²) in [4.78, 5) is 6.60. The molecule has 0 radical (unpaired) electrons. The van der Waals surface area contributed by atoms with Crippen LogP contribution >= 0.6 is 0 Å². The van der Waals surface area contributed by atoms with Crippen LogP contribution in [-0.2, 0) is 6.54 Å². The molecular weight excluding hydrogens is 200 g/mol. The average molecular weight is 222 g/mol. The molecule has 1 fully saturated rings. The number of piperidine rings is 1. The predicted molar refractivity (Wildman–Crippen MR) is 65.1 cm³/mol. The van der Waals surface area contributed by atoms with Gasteiger partial charge in [-0.2, -0.15) is 0 Å². The first-order chi connectivity index (χ1) is 7.88. The second-order valence-corrected chi connectivity index (χ2v) is 4.67. The molecule has 0 atom stereocenters. The Labute approximate surface area is 97.4 Å². The van der Waals surface area contributed by atoms with Crippen molar-refractivity contribution in [3.8, 4) is 0 Å². The van der Waals surface area contributed by atoms with Crippen molar-refractivity contribution >= 4 is 0 Å². The third kappa shape index (κ3) is 3.32. The number of likely N-dealkylation sites (tertiary alicyclic amines) is 1. The quantitative estimate of drug-likeness (QED) is 0.806. The van der Waals surface area contributed by atoms with Gasteiger partial charge in [0.25, 0.3) is 0 Å². The lowest BCUT2D eigenvalue weighted by Gasteiger charge is -2.31. The standard InChI is InChI=1S/C12H22N4/c13-10-12-2-7-15(8-3-12)5-1-6-16-9-4-14-11-16/h4,9,11-12H,1-3,5-8,10,13H2. The van der Waals surface area contributed by atoms with Crippen molar-refractivity contribution < 1.29 is 0 Å². The van der Waals surface area contributed by atoms with Gasteiger partial charge in [0, 0.05) is 18.9 Å². The molecule has 0 unspecified atom stereocenters. The molecule has 1 aromatic rings. The summed E-state index contributed by atoms with van der Waals surface area (Å²) in [6, 6.07) is 0. The molecule has 16 heavy (non-hydrogen) atoms. The van der Waals surface area contributed by atoms with E-state index in [0.717, 1.165) is 19.0 Å². The van der Waals surface area contributed by atoms with Crippen LogP contribution in [0.2, 0.25) is 0 Å². The van der Waals surface area contributed by atoms with E-state index >= 15 is 0 Å². The molecule has 1 aliphatic rings. The second kappa shape index (κ2) is 6.01. The van der Waals surface area contributed by atoms with E-state index in [0.29, 0.717) is 0 Å². The van der Waals surface area contributed by atoms with Crippen LogP contribution in [0.1, 0.15) is 19.3 Å². The highest BCUT2D eigenvalue weighted by molar-refractivity contribution is 4.75. The van der Waals surface area contributed by atoms with Crippen molar-refractivity contribution in [2.45, 2.75) is 25.8 Å². The van der Waals surface area contributed by atoms with Crippen LogP contribution < -0.4 is 5.73 Å². The van der Waals surface area contributed by atoms with Crippen molar-refractivity contribution in [3.05, 3.63) is 18.7 Å². The van der Waals surface area contributed by atoms with Crippen LogP contribution in [0.5, 0.6) is 0 Å². The van der Waals surface area contributed by atoms with Crippen molar-refractivity contribution in [2.24, 2.45) is 11.7 Å². The second-order valence-electron chi connectivity index (χ2n) is 4.67. The van der Waals surface area contributed by atoms with Crippen LogP contribution in [0.15, 0.2) is 18.7 Å². The molecule has 90 valence electrons. The van der Waals surface area contributed by atoms with E-state index in [1.54, 1.807) is 0 Å². The molecule has 1 saturated heterocycles. The maximum Gasteiger partial charge on any atom is 0.0945 e. The Morgan fingerprint density at radius 1 is 1.25 bits per heavy atom. The molecule has 0 spiro atoms. The van der Waals surface area contributed by atoms with Crippen LogP contribution in [0.25, 0.3) is 0 Å². The van der Waals surface area contributed by atoms with Gasteiger partial charge in [0.2, 0.25) is 0 Å². The zero-order valence-electron chi connectivity index (χ0n) is 9.89. The smallest absolute Gasteiger partial charge is 0.0945 e. The molecule has 1 aromatic heterocycles. The maximum atomic E-state index is 5.68. The van der Waals surface area contributed by atoms with Gasteiger partial charge in [0.1, 0.15) is 0 Å². The first-order valence-electron chi connectivity index (χ1n) is 6.26. The normalized spacial score (nSPS) is 19.1. The fraction of sp³-hybridized carbons (Fsp3) is 0.750. The minimum absolute atomic E-state index is 0.768. The summed E-state index contributed by atoms with van der Waals surface area (Å²) in [6.45, 7) is 5.60. The SMILES string of the molecule is NCC1CCN(CCCn2ccnc2)CC1. The Hall–Kier alpha value is -0.870. The third-order valence-corrected chi connectivity index (χ3v) is 3.49. The highest BCUT2D eigenvalue weighted by atomic mass is 15.1. The van der Waals surface area contributed by atoms with Gasteiger partial charge in [-0.3, -0.25) is 0 Å². The Morgan fingerprint density at radius 2 is 2.06 bits per heavy atom. The highest BCUT2D eigenvalue weighted by Crippen LogP contribution is 2.15. The van der Waals surface area contributed by atoms with Crippen LogP contribution in [0.4, 0.5) is 0 Å². The zero-order chi connectivity index (χ0) is 11.2. The van der Waals surface area contributed by atoms with Crippen molar-refractivity contribution in [1.82, 2.24) is 14.5 Å². The number of hydrogen-bond donors (Lipinski definition) is 1. The summed E-state index contributed by atoms with van der Waals surface area (Å²) in [5, 5.41) is 0. The number of nitrogens with zero attached hydrogens (tertiary/aromatic N) is 3. The van der Waals surface area contributed by atoms with E-state index in [-0.39, 0.29) is 0 Å². The molecule has 2 rings (SSSR count). The summed E-state index contributed by atoms with van der Waals surface area (Å²) >= 11 is 0. The van der Waals surface area contributed by atoms with E-state index in [1.807, 2.05) is 18.7 Å². The molecule has 1 aliphatic heterocycles. The fourth-order valence-corrected chi connectivity index (χ4v) is 2.34. The summed E-state index contributed by atoms with van der Waals surface area (Å²) in [5.74, 6) is 0.768. The fourth-order valence-electron chi connectivity index (χ4n) is 2.34. The molecule has 0 amide bonds. The third-order valence-electron chi connectivity index (χ3n) is 3.49. The van der Waals surface area contributed by atoms with E-state index in [2.05, 4.69) is 14.5 Å². The Morgan fingerprint density at radius 3 is 2.69 bits per heavy atom. The molecule has 2 N–H and O–H groups in total. The first-order valence-corrected chi connectivity index (χ1v) is 6.26. The minimum atomic E-state index is 0.768. The summed E-state index contributed by atoms with van der Waals surface area (Å²) in [7, 11) is 0. The largest absolute Gasteiger partial charge is 0.337 e. The van der Waals surface area contributed by atoms with Crippen LogP contribution in [0, 0.1) is 5.92 Å².